The number of benzene rings is 2. The Morgan fingerprint density at radius 3 is 2.44 bits per heavy atom. The molecule has 1 heterocycles. The van der Waals surface area contributed by atoms with Gasteiger partial charge >= 0.3 is 0 Å². The van der Waals surface area contributed by atoms with Crippen LogP contribution in [-0.4, -0.2) is 25.0 Å². The van der Waals surface area contributed by atoms with Gasteiger partial charge in [0.05, 0.1) is 6.42 Å². The van der Waals surface area contributed by atoms with Gasteiger partial charge in [-0.2, -0.15) is 0 Å². The van der Waals surface area contributed by atoms with Crippen molar-refractivity contribution in [3.63, 3.8) is 0 Å². The number of halogens is 2. The lowest BCUT2D eigenvalue weighted by Gasteiger charge is -2.34. The largest absolute Gasteiger partial charge is 0.399 e. The molecule has 6 heteroatoms. The molecule has 2 aromatic rings. The molecule has 0 saturated carbocycles. The lowest BCUT2D eigenvalue weighted by atomic mass is 10.0. The number of rotatable bonds is 4. The minimum absolute atomic E-state index is 0. The lowest BCUT2D eigenvalue weighted by Crippen LogP contribution is -2.48. The number of anilines is 2. The van der Waals surface area contributed by atoms with E-state index < -0.39 is 0 Å². The first-order valence-corrected chi connectivity index (χ1v) is 8.14. The highest BCUT2D eigenvalue weighted by Gasteiger charge is 2.21. The van der Waals surface area contributed by atoms with E-state index in [1.807, 2.05) is 30.3 Å². The van der Waals surface area contributed by atoms with E-state index in [1.165, 1.54) is 5.69 Å². The van der Waals surface area contributed by atoms with Gasteiger partial charge in [0, 0.05) is 30.5 Å². The van der Waals surface area contributed by atoms with Crippen molar-refractivity contribution in [1.29, 1.82) is 0 Å². The van der Waals surface area contributed by atoms with Crippen molar-refractivity contribution in [2.75, 3.05) is 23.7 Å². The summed E-state index contributed by atoms with van der Waals surface area (Å²) >= 11 is 0. The van der Waals surface area contributed by atoms with Crippen molar-refractivity contribution in [2.45, 2.75) is 25.3 Å². The van der Waals surface area contributed by atoms with Crippen LogP contribution in [-0.2, 0) is 11.2 Å². The molecule has 0 spiro atoms. The predicted molar refractivity (Wildman–Crippen MR) is 109 cm³/mol. The van der Waals surface area contributed by atoms with Gasteiger partial charge in [-0.15, -0.1) is 24.8 Å². The smallest absolute Gasteiger partial charge is 0.224 e. The minimum Gasteiger partial charge on any atom is -0.399 e. The Morgan fingerprint density at radius 2 is 1.76 bits per heavy atom. The molecule has 2 aromatic carbocycles. The molecule has 1 amide bonds. The molecular weight excluding hydrogens is 357 g/mol. The topological polar surface area (TPSA) is 58.4 Å². The Bertz CT molecular complexity index is 649. The summed E-state index contributed by atoms with van der Waals surface area (Å²) in [6.07, 6.45) is 2.54. The van der Waals surface area contributed by atoms with Crippen LogP contribution in [0.15, 0.2) is 54.6 Å². The molecule has 1 aliphatic rings. The van der Waals surface area contributed by atoms with E-state index in [0.29, 0.717) is 6.42 Å². The lowest BCUT2D eigenvalue weighted by molar-refractivity contribution is -0.121. The predicted octanol–water partition coefficient (Wildman–Crippen LogP) is 3.44. The highest BCUT2D eigenvalue weighted by Crippen LogP contribution is 2.19. The molecular formula is C19H25Cl2N3O. The highest BCUT2D eigenvalue weighted by atomic mass is 35.5. The standard InChI is InChI=1S/C19H23N3O.2ClH/c20-16-10-8-15(9-11-16)13-19(23)21-17-5-4-12-22(14-17)18-6-2-1-3-7-18;;/h1-3,6-11,17H,4-5,12-14,20H2,(H,21,23);2*1H. The Hall–Kier alpha value is -1.91. The molecule has 1 fully saturated rings. The van der Waals surface area contributed by atoms with E-state index in [2.05, 4.69) is 34.5 Å². The van der Waals surface area contributed by atoms with Crippen LogP contribution in [0.4, 0.5) is 11.4 Å². The van der Waals surface area contributed by atoms with Crippen LogP contribution in [0.5, 0.6) is 0 Å². The summed E-state index contributed by atoms with van der Waals surface area (Å²) < 4.78 is 0. The molecule has 136 valence electrons. The van der Waals surface area contributed by atoms with Crippen LogP contribution < -0.4 is 16.0 Å². The molecule has 0 aromatic heterocycles. The summed E-state index contributed by atoms with van der Waals surface area (Å²) in [6, 6.07) is 18.1. The molecule has 0 radical (unpaired) electrons. The van der Waals surface area contributed by atoms with E-state index in [0.717, 1.165) is 37.2 Å². The first kappa shape index (κ1) is 21.1. The Kier molecular flexibility index (Phi) is 8.59. The van der Waals surface area contributed by atoms with Gasteiger partial charge in [-0.3, -0.25) is 4.79 Å². The van der Waals surface area contributed by atoms with Crippen molar-refractivity contribution in [1.82, 2.24) is 5.32 Å². The quantitative estimate of drug-likeness (QED) is 0.797. The van der Waals surface area contributed by atoms with Crippen LogP contribution in [0.1, 0.15) is 18.4 Å². The van der Waals surface area contributed by atoms with Gasteiger partial charge in [-0.1, -0.05) is 30.3 Å². The van der Waals surface area contributed by atoms with Crippen LogP contribution >= 0.6 is 24.8 Å². The van der Waals surface area contributed by atoms with E-state index >= 15 is 0 Å². The van der Waals surface area contributed by atoms with Crippen LogP contribution in [0.3, 0.4) is 0 Å². The molecule has 3 rings (SSSR count). The van der Waals surface area contributed by atoms with E-state index in [-0.39, 0.29) is 36.8 Å². The highest BCUT2D eigenvalue weighted by molar-refractivity contribution is 5.85. The monoisotopic (exact) mass is 381 g/mol. The summed E-state index contributed by atoms with van der Waals surface area (Å²) in [5, 5.41) is 3.17. The fourth-order valence-electron chi connectivity index (χ4n) is 3.07. The molecule has 0 bridgehead atoms. The van der Waals surface area contributed by atoms with Crippen molar-refractivity contribution < 1.29 is 4.79 Å². The molecule has 1 atom stereocenters. The second kappa shape index (κ2) is 10.2. The summed E-state index contributed by atoms with van der Waals surface area (Å²) in [5.41, 5.74) is 8.61. The maximum absolute atomic E-state index is 12.2. The second-order valence-electron chi connectivity index (χ2n) is 6.11. The number of nitrogens with one attached hydrogen (secondary N) is 1. The number of nitrogen functional groups attached to an aromatic ring is 1. The Morgan fingerprint density at radius 1 is 1.08 bits per heavy atom. The van der Waals surface area contributed by atoms with Gasteiger partial charge in [0.15, 0.2) is 0 Å². The first-order chi connectivity index (χ1) is 11.2. The number of nitrogens with two attached hydrogens (primary N) is 1. The zero-order valence-electron chi connectivity index (χ0n) is 14.1. The average Bonchev–Trinajstić information content (AvgIpc) is 2.58. The number of carbonyl (C=O) groups excluding carboxylic acids is 1. The summed E-state index contributed by atoms with van der Waals surface area (Å²) in [5.74, 6) is 0.0784. The average molecular weight is 382 g/mol. The third-order valence-electron chi connectivity index (χ3n) is 4.25. The van der Waals surface area contributed by atoms with Gasteiger partial charge < -0.3 is 16.0 Å². The van der Waals surface area contributed by atoms with Gasteiger partial charge in [0.25, 0.3) is 0 Å². The molecule has 1 aliphatic heterocycles. The number of nitrogens with zero attached hydrogens (tertiary/aromatic N) is 1. The van der Waals surface area contributed by atoms with Crippen LogP contribution in [0.25, 0.3) is 0 Å². The number of hydrogen-bond acceptors (Lipinski definition) is 3. The van der Waals surface area contributed by atoms with Crippen LogP contribution in [0, 0.1) is 0 Å². The molecule has 0 aliphatic carbocycles. The van der Waals surface area contributed by atoms with Crippen molar-refractivity contribution >= 4 is 42.1 Å². The van der Waals surface area contributed by atoms with E-state index in [9.17, 15) is 4.79 Å². The van der Waals surface area contributed by atoms with Gasteiger partial charge in [0.2, 0.25) is 5.91 Å². The summed E-state index contributed by atoms with van der Waals surface area (Å²) in [4.78, 5) is 14.6. The van der Waals surface area contributed by atoms with Crippen LogP contribution in [0.2, 0.25) is 0 Å². The fourth-order valence-corrected chi connectivity index (χ4v) is 3.07. The number of para-hydroxylation sites is 1. The summed E-state index contributed by atoms with van der Waals surface area (Å²) in [6.45, 7) is 1.92. The van der Waals surface area contributed by atoms with Gasteiger partial charge in [-0.25, -0.2) is 0 Å². The zero-order chi connectivity index (χ0) is 16.1. The molecule has 4 nitrogen and oxygen atoms in total. The molecule has 1 unspecified atom stereocenters. The Labute approximate surface area is 161 Å². The SMILES string of the molecule is Cl.Cl.Nc1ccc(CC(=O)NC2CCCN(c3ccccc3)C2)cc1. The van der Waals surface area contributed by atoms with Crippen molar-refractivity contribution in [3.05, 3.63) is 60.2 Å². The third kappa shape index (κ3) is 6.15. The zero-order valence-corrected chi connectivity index (χ0v) is 15.7. The van der Waals surface area contributed by atoms with E-state index in [1.54, 1.807) is 0 Å². The van der Waals surface area contributed by atoms with Gasteiger partial charge in [-0.05, 0) is 42.7 Å². The number of amides is 1. The van der Waals surface area contributed by atoms with Gasteiger partial charge in [0.1, 0.15) is 0 Å². The van der Waals surface area contributed by atoms with Crippen molar-refractivity contribution in [3.8, 4) is 0 Å². The maximum atomic E-state index is 12.2. The number of hydrogen-bond donors (Lipinski definition) is 2. The third-order valence-corrected chi connectivity index (χ3v) is 4.25. The normalized spacial score (nSPS) is 16.3. The van der Waals surface area contributed by atoms with E-state index in [4.69, 9.17) is 5.73 Å². The molecule has 3 N–H and O–H groups in total. The fraction of sp³-hybridized carbons (Fsp3) is 0.316. The first-order valence-electron chi connectivity index (χ1n) is 8.14. The number of piperidine rings is 1. The summed E-state index contributed by atoms with van der Waals surface area (Å²) in [7, 11) is 0. The second-order valence-corrected chi connectivity index (χ2v) is 6.11. The molecule has 1 saturated heterocycles. The van der Waals surface area contributed by atoms with Crippen molar-refractivity contribution in [2.24, 2.45) is 0 Å². The minimum atomic E-state index is 0. The molecule has 25 heavy (non-hydrogen) atoms. The number of carbonyl (C=O) groups is 1. The maximum Gasteiger partial charge on any atom is 0.224 e. The Balaban J connectivity index is 0.00000156.